The Balaban J connectivity index is 1.59. The summed E-state index contributed by atoms with van der Waals surface area (Å²) in [6, 6.07) is 17.4. The largest absolute Gasteiger partial charge is 0.324 e. The summed E-state index contributed by atoms with van der Waals surface area (Å²) in [6.07, 6.45) is 0.821. The molecular weight excluding hydrogens is 417 g/mol. The van der Waals surface area contributed by atoms with Crippen molar-refractivity contribution in [2.75, 3.05) is 23.3 Å². The Morgan fingerprint density at radius 3 is 2.52 bits per heavy atom. The smallest absolute Gasteiger partial charge is 0.320 e. The molecule has 3 amide bonds. The summed E-state index contributed by atoms with van der Waals surface area (Å²) >= 11 is 0. The minimum Gasteiger partial charge on any atom is -0.320 e. The zero-order valence-electron chi connectivity index (χ0n) is 19.2. The Morgan fingerprint density at radius 2 is 1.73 bits per heavy atom. The topological polar surface area (TPSA) is 52.6 Å². The van der Waals surface area contributed by atoms with Crippen molar-refractivity contribution in [1.82, 2.24) is 4.90 Å². The van der Waals surface area contributed by atoms with Gasteiger partial charge in [-0.15, -0.1) is 0 Å². The molecule has 170 valence electrons. The van der Waals surface area contributed by atoms with Crippen LogP contribution in [0.1, 0.15) is 39.0 Å². The van der Waals surface area contributed by atoms with Crippen LogP contribution in [0.3, 0.4) is 0 Å². The summed E-state index contributed by atoms with van der Waals surface area (Å²) in [5.74, 6) is -0.890. The molecule has 0 atom stereocenters. The monoisotopic (exact) mass is 445 g/mol. The fourth-order valence-electron chi connectivity index (χ4n) is 4.14. The van der Waals surface area contributed by atoms with E-state index in [1.807, 2.05) is 36.9 Å². The number of hydrogen-bond acceptors (Lipinski definition) is 2. The minimum absolute atomic E-state index is 0.0905. The van der Waals surface area contributed by atoms with Gasteiger partial charge in [-0.25, -0.2) is 9.18 Å². The summed E-state index contributed by atoms with van der Waals surface area (Å²) in [4.78, 5) is 29.8. The lowest BCUT2D eigenvalue weighted by molar-refractivity contribution is 0.102. The summed E-state index contributed by atoms with van der Waals surface area (Å²) in [6.45, 7) is 7.81. The number of rotatable bonds is 5. The number of nitrogens with zero attached hydrogens (tertiary/aromatic N) is 2. The summed E-state index contributed by atoms with van der Waals surface area (Å²) < 4.78 is 13.6. The second-order valence-electron chi connectivity index (χ2n) is 8.62. The fraction of sp³-hybridized carbons (Fsp3) is 0.259. The fourth-order valence-corrected chi connectivity index (χ4v) is 4.14. The quantitative estimate of drug-likeness (QED) is 0.537. The zero-order valence-corrected chi connectivity index (χ0v) is 19.2. The summed E-state index contributed by atoms with van der Waals surface area (Å²) in [5.41, 5.74) is 5.80. The number of carbonyl (C=O) groups is 2. The van der Waals surface area contributed by atoms with Gasteiger partial charge in [-0.2, -0.15) is 0 Å². The number of aryl methyl sites for hydroxylation is 3. The standard InChI is InChI=1S/C27H28FN3O2/c1-18-8-10-20(3)22(14-18)17-30-12-5-13-31(27(30)33)25-11-9-19(2)15-24(25)29-26(32)21-6-4-7-23(28)16-21/h4,6-11,14-16H,5,12-13,17H2,1-3H3,(H,29,32). The molecule has 3 aromatic rings. The van der Waals surface area contributed by atoms with Crippen LogP contribution in [0.2, 0.25) is 0 Å². The molecule has 0 bridgehead atoms. The Labute approximate surface area is 193 Å². The highest BCUT2D eigenvalue weighted by atomic mass is 19.1. The third-order valence-electron chi connectivity index (χ3n) is 5.95. The van der Waals surface area contributed by atoms with Crippen molar-refractivity contribution >= 4 is 23.3 Å². The molecule has 1 aliphatic rings. The third-order valence-corrected chi connectivity index (χ3v) is 5.95. The first-order valence-electron chi connectivity index (χ1n) is 11.1. The molecule has 6 heteroatoms. The van der Waals surface area contributed by atoms with Gasteiger partial charge in [0.05, 0.1) is 11.4 Å². The van der Waals surface area contributed by atoms with Gasteiger partial charge >= 0.3 is 6.03 Å². The highest BCUT2D eigenvalue weighted by Crippen LogP contribution is 2.31. The average molecular weight is 446 g/mol. The summed E-state index contributed by atoms with van der Waals surface area (Å²) in [7, 11) is 0. The number of anilines is 2. The predicted octanol–water partition coefficient (Wildman–Crippen LogP) is 5.84. The van der Waals surface area contributed by atoms with Crippen LogP contribution in [-0.4, -0.2) is 29.9 Å². The Kier molecular flexibility index (Phi) is 6.45. The molecule has 3 aromatic carbocycles. The lowest BCUT2D eigenvalue weighted by Crippen LogP contribution is -2.49. The maximum absolute atomic E-state index is 13.6. The number of benzene rings is 3. The van der Waals surface area contributed by atoms with Crippen LogP contribution in [0, 0.1) is 26.6 Å². The van der Waals surface area contributed by atoms with Gasteiger partial charge in [0.2, 0.25) is 0 Å². The van der Waals surface area contributed by atoms with Crippen molar-refractivity contribution in [2.24, 2.45) is 0 Å². The second kappa shape index (κ2) is 9.45. The molecule has 0 spiro atoms. The highest BCUT2D eigenvalue weighted by molar-refractivity contribution is 6.07. The van der Waals surface area contributed by atoms with E-state index >= 15 is 0 Å². The van der Waals surface area contributed by atoms with E-state index in [1.165, 1.54) is 18.2 Å². The molecule has 1 aliphatic heterocycles. The molecule has 1 heterocycles. The number of hydrogen-bond donors (Lipinski definition) is 1. The van der Waals surface area contributed by atoms with Crippen molar-refractivity contribution in [2.45, 2.75) is 33.7 Å². The van der Waals surface area contributed by atoms with E-state index in [0.29, 0.717) is 31.0 Å². The molecule has 1 saturated heterocycles. The van der Waals surface area contributed by atoms with Crippen molar-refractivity contribution in [3.63, 3.8) is 0 Å². The average Bonchev–Trinajstić information content (AvgIpc) is 2.78. The molecule has 4 rings (SSSR count). The normalized spacial score (nSPS) is 13.9. The van der Waals surface area contributed by atoms with Gasteiger partial charge in [-0.1, -0.05) is 35.9 Å². The lowest BCUT2D eigenvalue weighted by Gasteiger charge is -2.37. The Morgan fingerprint density at radius 1 is 0.970 bits per heavy atom. The van der Waals surface area contributed by atoms with Gasteiger partial charge in [0.15, 0.2) is 0 Å². The van der Waals surface area contributed by atoms with E-state index in [-0.39, 0.29) is 11.6 Å². The van der Waals surface area contributed by atoms with E-state index in [4.69, 9.17) is 0 Å². The van der Waals surface area contributed by atoms with Gasteiger partial charge in [0.1, 0.15) is 5.82 Å². The molecule has 0 unspecified atom stereocenters. The molecule has 1 fully saturated rings. The number of halogens is 1. The van der Waals surface area contributed by atoms with Crippen LogP contribution in [0.15, 0.2) is 60.7 Å². The van der Waals surface area contributed by atoms with Gasteiger partial charge in [-0.3, -0.25) is 9.69 Å². The molecule has 0 radical (unpaired) electrons. The first-order chi connectivity index (χ1) is 15.8. The number of urea groups is 1. The molecule has 5 nitrogen and oxygen atoms in total. The van der Waals surface area contributed by atoms with Gasteiger partial charge < -0.3 is 10.2 Å². The number of nitrogens with one attached hydrogen (secondary N) is 1. The van der Waals surface area contributed by atoms with Crippen molar-refractivity contribution in [3.05, 3.63) is 94.3 Å². The van der Waals surface area contributed by atoms with Crippen LogP contribution in [0.4, 0.5) is 20.6 Å². The zero-order chi connectivity index (χ0) is 23.5. The van der Waals surface area contributed by atoms with Crippen molar-refractivity contribution < 1.29 is 14.0 Å². The van der Waals surface area contributed by atoms with Gasteiger partial charge in [-0.05, 0) is 74.2 Å². The molecule has 0 aliphatic carbocycles. The van der Waals surface area contributed by atoms with Gasteiger partial charge in [0, 0.05) is 25.2 Å². The van der Waals surface area contributed by atoms with Crippen LogP contribution in [0.25, 0.3) is 0 Å². The molecule has 1 N–H and O–H groups in total. The van der Waals surface area contributed by atoms with E-state index in [1.54, 1.807) is 11.0 Å². The first-order valence-corrected chi connectivity index (χ1v) is 11.1. The molecule has 0 aromatic heterocycles. The minimum atomic E-state index is -0.472. The molecule has 33 heavy (non-hydrogen) atoms. The van der Waals surface area contributed by atoms with Crippen LogP contribution < -0.4 is 10.2 Å². The third kappa shape index (κ3) is 5.06. The maximum Gasteiger partial charge on any atom is 0.324 e. The SMILES string of the molecule is Cc1ccc(C)c(CN2CCCN(c3ccc(C)cc3NC(=O)c3cccc(F)c3)C2=O)c1. The maximum atomic E-state index is 13.6. The van der Waals surface area contributed by atoms with Gasteiger partial charge in [0.25, 0.3) is 5.91 Å². The molecular formula is C27H28FN3O2. The number of amides is 3. The van der Waals surface area contributed by atoms with Crippen LogP contribution in [0.5, 0.6) is 0 Å². The van der Waals surface area contributed by atoms with Crippen molar-refractivity contribution in [3.8, 4) is 0 Å². The molecule has 0 saturated carbocycles. The first kappa shape index (κ1) is 22.5. The lowest BCUT2D eigenvalue weighted by atomic mass is 10.0. The second-order valence-corrected chi connectivity index (χ2v) is 8.62. The Bertz CT molecular complexity index is 1210. The van der Waals surface area contributed by atoms with E-state index < -0.39 is 11.7 Å². The Hall–Kier alpha value is -3.67. The highest BCUT2D eigenvalue weighted by Gasteiger charge is 2.29. The van der Waals surface area contributed by atoms with Crippen LogP contribution in [-0.2, 0) is 6.54 Å². The van der Waals surface area contributed by atoms with Crippen LogP contribution >= 0.6 is 0 Å². The van der Waals surface area contributed by atoms with Crippen molar-refractivity contribution in [1.29, 1.82) is 0 Å². The van der Waals surface area contributed by atoms with E-state index in [2.05, 4.69) is 30.4 Å². The van der Waals surface area contributed by atoms with E-state index in [9.17, 15) is 14.0 Å². The summed E-state index contributed by atoms with van der Waals surface area (Å²) in [5, 5.41) is 2.88. The number of carbonyl (C=O) groups excluding carboxylic acids is 2. The van der Waals surface area contributed by atoms with E-state index in [0.717, 1.165) is 28.7 Å². The predicted molar refractivity (Wildman–Crippen MR) is 129 cm³/mol.